The van der Waals surface area contributed by atoms with Gasteiger partial charge in [0, 0.05) is 26.1 Å². The molecular formula is C20H32N2O3S. The highest BCUT2D eigenvalue weighted by Gasteiger charge is 2.29. The number of aryl methyl sites for hydroxylation is 1. The van der Waals surface area contributed by atoms with E-state index in [1.807, 2.05) is 19.1 Å². The van der Waals surface area contributed by atoms with Gasteiger partial charge < -0.3 is 5.32 Å². The lowest BCUT2D eigenvalue weighted by atomic mass is 9.93. The first-order chi connectivity index (χ1) is 12.3. The first-order valence-electron chi connectivity index (χ1n) is 9.62. The second kappa shape index (κ2) is 9.51. The van der Waals surface area contributed by atoms with Gasteiger partial charge in [-0.3, -0.25) is 4.79 Å². The zero-order valence-corrected chi connectivity index (χ0v) is 17.0. The van der Waals surface area contributed by atoms with Crippen LogP contribution in [-0.4, -0.2) is 38.3 Å². The molecule has 6 heteroatoms. The summed E-state index contributed by atoms with van der Waals surface area (Å²) >= 11 is 0. The molecule has 0 saturated carbocycles. The molecule has 1 aromatic rings. The minimum absolute atomic E-state index is 0.111. The van der Waals surface area contributed by atoms with Gasteiger partial charge in [0.05, 0.1) is 4.90 Å². The Morgan fingerprint density at radius 1 is 1.19 bits per heavy atom. The van der Waals surface area contributed by atoms with E-state index >= 15 is 0 Å². The number of nitrogens with one attached hydrogen (secondary N) is 1. The summed E-state index contributed by atoms with van der Waals surface area (Å²) in [7, 11) is -3.40. The largest absolute Gasteiger partial charge is 0.356 e. The molecule has 0 radical (unpaired) electrons. The van der Waals surface area contributed by atoms with E-state index in [0.717, 1.165) is 37.8 Å². The Labute approximate surface area is 158 Å². The molecule has 0 unspecified atom stereocenters. The van der Waals surface area contributed by atoms with Crippen molar-refractivity contribution in [1.29, 1.82) is 0 Å². The summed E-state index contributed by atoms with van der Waals surface area (Å²) in [5.74, 6) is 1.13. The molecule has 26 heavy (non-hydrogen) atoms. The van der Waals surface area contributed by atoms with Crippen molar-refractivity contribution in [3.63, 3.8) is 0 Å². The standard InChI is InChI=1S/C20H32N2O3S/c1-16(2)10-13-21-20(23)9-6-18-11-14-22(15-12-18)26(24,25)19-7-4-17(3)5-8-19/h4-5,7-8,16,18H,6,9-15H2,1-3H3,(H,21,23). The summed E-state index contributed by atoms with van der Waals surface area (Å²) in [4.78, 5) is 12.3. The molecular weight excluding hydrogens is 348 g/mol. The summed E-state index contributed by atoms with van der Waals surface area (Å²) in [6.07, 6.45) is 4.02. The molecule has 1 N–H and O–H groups in total. The van der Waals surface area contributed by atoms with Crippen molar-refractivity contribution in [2.24, 2.45) is 11.8 Å². The van der Waals surface area contributed by atoms with Gasteiger partial charge in [0.25, 0.3) is 0 Å². The lowest BCUT2D eigenvalue weighted by Gasteiger charge is -2.31. The molecule has 0 aliphatic carbocycles. The number of hydrogen-bond acceptors (Lipinski definition) is 3. The van der Waals surface area contributed by atoms with Crippen molar-refractivity contribution >= 4 is 15.9 Å². The SMILES string of the molecule is Cc1ccc(S(=O)(=O)N2CCC(CCC(=O)NCCC(C)C)CC2)cc1. The van der Waals surface area contributed by atoms with Gasteiger partial charge in [-0.1, -0.05) is 31.5 Å². The van der Waals surface area contributed by atoms with Gasteiger partial charge in [0.15, 0.2) is 0 Å². The highest BCUT2D eigenvalue weighted by molar-refractivity contribution is 7.89. The molecule has 1 heterocycles. The zero-order valence-electron chi connectivity index (χ0n) is 16.2. The molecule has 0 atom stereocenters. The number of nitrogens with zero attached hydrogens (tertiary/aromatic N) is 1. The van der Waals surface area contributed by atoms with Crippen LogP contribution in [-0.2, 0) is 14.8 Å². The van der Waals surface area contributed by atoms with Crippen LogP contribution in [0, 0.1) is 18.8 Å². The average molecular weight is 381 g/mol. The van der Waals surface area contributed by atoms with Gasteiger partial charge in [0.1, 0.15) is 0 Å². The van der Waals surface area contributed by atoms with Crippen LogP contribution in [0.4, 0.5) is 0 Å². The molecule has 1 aliphatic heterocycles. The Morgan fingerprint density at radius 2 is 1.81 bits per heavy atom. The minimum Gasteiger partial charge on any atom is -0.356 e. The molecule has 2 rings (SSSR count). The van der Waals surface area contributed by atoms with Crippen molar-refractivity contribution in [2.45, 2.75) is 57.8 Å². The molecule has 0 bridgehead atoms. The van der Waals surface area contributed by atoms with Crippen LogP contribution >= 0.6 is 0 Å². The quantitative estimate of drug-likeness (QED) is 0.752. The van der Waals surface area contributed by atoms with E-state index in [4.69, 9.17) is 0 Å². The molecule has 1 aliphatic rings. The maximum absolute atomic E-state index is 12.7. The van der Waals surface area contributed by atoms with E-state index < -0.39 is 10.0 Å². The highest BCUT2D eigenvalue weighted by Crippen LogP contribution is 2.26. The van der Waals surface area contributed by atoms with E-state index in [2.05, 4.69) is 19.2 Å². The molecule has 1 aromatic carbocycles. The Kier molecular flexibility index (Phi) is 7.65. The van der Waals surface area contributed by atoms with Crippen molar-refractivity contribution < 1.29 is 13.2 Å². The third-order valence-corrected chi connectivity index (χ3v) is 6.97. The summed E-state index contributed by atoms with van der Waals surface area (Å²) < 4.78 is 27.0. The van der Waals surface area contributed by atoms with Crippen molar-refractivity contribution in [3.05, 3.63) is 29.8 Å². The average Bonchev–Trinajstić information content (AvgIpc) is 2.60. The van der Waals surface area contributed by atoms with Gasteiger partial charge in [-0.25, -0.2) is 8.42 Å². The normalized spacial score (nSPS) is 16.8. The fourth-order valence-electron chi connectivity index (χ4n) is 3.22. The molecule has 5 nitrogen and oxygen atoms in total. The Balaban J connectivity index is 1.76. The van der Waals surface area contributed by atoms with Crippen LogP contribution in [0.15, 0.2) is 29.2 Å². The number of hydrogen-bond donors (Lipinski definition) is 1. The summed E-state index contributed by atoms with van der Waals surface area (Å²) in [5.41, 5.74) is 1.05. The Hall–Kier alpha value is -1.40. The fourth-order valence-corrected chi connectivity index (χ4v) is 4.69. The van der Waals surface area contributed by atoms with Gasteiger partial charge in [-0.2, -0.15) is 4.31 Å². The summed E-state index contributed by atoms with van der Waals surface area (Å²) in [6, 6.07) is 7.02. The third-order valence-electron chi connectivity index (χ3n) is 5.06. The predicted molar refractivity (Wildman–Crippen MR) is 104 cm³/mol. The van der Waals surface area contributed by atoms with Crippen LogP contribution in [0.3, 0.4) is 0 Å². The Morgan fingerprint density at radius 3 is 2.38 bits per heavy atom. The molecule has 0 spiro atoms. The number of sulfonamides is 1. The third kappa shape index (κ3) is 6.09. The van der Waals surface area contributed by atoms with Gasteiger partial charge in [0.2, 0.25) is 15.9 Å². The van der Waals surface area contributed by atoms with Gasteiger partial charge in [-0.05, 0) is 56.6 Å². The number of rotatable bonds is 8. The first kappa shape index (κ1) is 20.9. The van der Waals surface area contributed by atoms with Crippen LogP contribution in [0.2, 0.25) is 0 Å². The monoisotopic (exact) mass is 380 g/mol. The predicted octanol–water partition coefficient (Wildman–Crippen LogP) is 3.34. The molecule has 0 aromatic heterocycles. The number of carbonyl (C=O) groups is 1. The van der Waals surface area contributed by atoms with Crippen LogP contribution < -0.4 is 5.32 Å². The van der Waals surface area contributed by atoms with Crippen molar-refractivity contribution in [2.75, 3.05) is 19.6 Å². The minimum atomic E-state index is -3.40. The van der Waals surface area contributed by atoms with E-state index in [9.17, 15) is 13.2 Å². The lowest BCUT2D eigenvalue weighted by molar-refractivity contribution is -0.121. The Bertz CT molecular complexity index is 676. The van der Waals surface area contributed by atoms with E-state index in [1.165, 1.54) is 0 Å². The number of benzene rings is 1. The molecule has 1 amide bonds. The molecule has 1 saturated heterocycles. The second-order valence-electron chi connectivity index (χ2n) is 7.73. The maximum atomic E-state index is 12.7. The molecule has 146 valence electrons. The maximum Gasteiger partial charge on any atom is 0.243 e. The summed E-state index contributed by atoms with van der Waals surface area (Å²) in [5, 5.41) is 2.97. The number of carbonyl (C=O) groups excluding carboxylic acids is 1. The fraction of sp³-hybridized carbons (Fsp3) is 0.650. The van der Waals surface area contributed by atoms with Gasteiger partial charge >= 0.3 is 0 Å². The lowest BCUT2D eigenvalue weighted by Crippen LogP contribution is -2.38. The smallest absolute Gasteiger partial charge is 0.243 e. The zero-order chi connectivity index (χ0) is 19.2. The summed E-state index contributed by atoms with van der Waals surface area (Å²) in [6.45, 7) is 8.05. The van der Waals surface area contributed by atoms with Crippen LogP contribution in [0.25, 0.3) is 0 Å². The van der Waals surface area contributed by atoms with Gasteiger partial charge in [-0.15, -0.1) is 0 Å². The van der Waals surface area contributed by atoms with E-state index in [-0.39, 0.29) is 5.91 Å². The van der Waals surface area contributed by atoms with Crippen LogP contribution in [0.1, 0.15) is 51.5 Å². The van der Waals surface area contributed by atoms with Crippen molar-refractivity contribution in [3.8, 4) is 0 Å². The first-order valence-corrected chi connectivity index (χ1v) is 11.1. The second-order valence-corrected chi connectivity index (χ2v) is 9.67. The van der Waals surface area contributed by atoms with Crippen LogP contribution in [0.5, 0.6) is 0 Å². The highest BCUT2D eigenvalue weighted by atomic mass is 32.2. The topological polar surface area (TPSA) is 66.5 Å². The van der Waals surface area contributed by atoms with E-state index in [0.29, 0.717) is 36.2 Å². The number of piperidine rings is 1. The van der Waals surface area contributed by atoms with Crippen molar-refractivity contribution in [1.82, 2.24) is 9.62 Å². The van der Waals surface area contributed by atoms with E-state index in [1.54, 1.807) is 16.4 Å². The number of amides is 1. The molecule has 1 fully saturated rings.